The lowest BCUT2D eigenvalue weighted by atomic mass is 10.0. The Labute approximate surface area is 373 Å². The van der Waals surface area contributed by atoms with Crippen LogP contribution >= 0.6 is 0 Å². The van der Waals surface area contributed by atoms with Crippen molar-refractivity contribution in [3.8, 4) is 0 Å². The normalized spacial score (nSPS) is 24.2. The van der Waals surface area contributed by atoms with Crippen molar-refractivity contribution in [2.75, 3.05) is 25.1 Å². The van der Waals surface area contributed by atoms with Crippen molar-refractivity contribution in [1.82, 2.24) is 36.9 Å². The molecule has 21 heteroatoms. The van der Waals surface area contributed by atoms with Crippen LogP contribution in [0.3, 0.4) is 0 Å². The number of hydrogen-bond donors (Lipinski definition) is 11. The number of nitrogens with one attached hydrogen (secondary N) is 7. The molecule has 64 heavy (non-hydrogen) atoms. The number of carbonyl (C=O) groups excluding carboxylic acids is 6. The fourth-order valence-corrected chi connectivity index (χ4v) is 7.92. The predicted octanol–water partition coefficient (Wildman–Crippen LogP) is -1.14. The third-order valence-electron chi connectivity index (χ3n) is 10.9. The molecule has 6 amide bonds. The van der Waals surface area contributed by atoms with E-state index >= 15 is 0 Å². The number of para-hydroxylation sites is 1. The maximum Gasteiger partial charge on any atom is 0.243 e. The average Bonchev–Trinajstić information content (AvgIpc) is 3.65. The number of primary amides is 1. The SMILES string of the molecule is C[C@H]1CCC(=O)NCCCC[C@@H](C(N)=O)N[C@@H](O)[C@H](Cc2c[nH]c3ccccc23)NC(=O)[C@H](CCCN=C(N)N)NC(=O)[C@@H](Cc2ccccc2)NC(=O)[C@H](CCS(C)(=O)=O)NC1=O. The fourth-order valence-electron chi connectivity index (χ4n) is 7.25. The van der Waals surface area contributed by atoms with Gasteiger partial charge < -0.3 is 53.9 Å². The van der Waals surface area contributed by atoms with Crippen molar-refractivity contribution in [3.63, 3.8) is 0 Å². The maximum atomic E-state index is 14.4. The Morgan fingerprint density at radius 2 is 1.44 bits per heavy atom. The molecule has 0 saturated carbocycles. The molecule has 350 valence electrons. The molecule has 1 aliphatic heterocycles. The quantitative estimate of drug-likeness (QED) is 0.0584. The molecule has 0 bridgehead atoms. The van der Waals surface area contributed by atoms with Gasteiger partial charge in [0.1, 0.15) is 34.2 Å². The molecular weight excluding hydrogens is 847 g/mol. The number of rotatable bonds is 12. The molecule has 1 saturated heterocycles. The van der Waals surface area contributed by atoms with Crippen LogP contribution in [-0.2, 0) is 51.4 Å². The summed E-state index contributed by atoms with van der Waals surface area (Å²) in [5.74, 6) is -5.45. The summed E-state index contributed by atoms with van der Waals surface area (Å²) >= 11 is 0. The molecule has 1 fully saturated rings. The second-order valence-corrected chi connectivity index (χ2v) is 18.5. The number of aliphatic hydroxyl groups excluding tert-OH is 1. The van der Waals surface area contributed by atoms with E-state index in [1.165, 1.54) is 0 Å². The van der Waals surface area contributed by atoms with Crippen molar-refractivity contribution in [2.45, 2.75) is 108 Å². The number of aliphatic imine (C=N–C) groups is 1. The Morgan fingerprint density at radius 3 is 2.14 bits per heavy atom. The number of sulfone groups is 1. The highest BCUT2D eigenvalue weighted by molar-refractivity contribution is 7.90. The van der Waals surface area contributed by atoms with Gasteiger partial charge in [-0.2, -0.15) is 0 Å². The zero-order chi connectivity index (χ0) is 46.8. The second kappa shape index (κ2) is 24.7. The van der Waals surface area contributed by atoms with E-state index in [1.54, 1.807) is 43.5 Å². The van der Waals surface area contributed by atoms with E-state index in [0.717, 1.165) is 22.7 Å². The van der Waals surface area contributed by atoms with Gasteiger partial charge in [0, 0.05) is 55.2 Å². The Morgan fingerprint density at radius 1 is 0.797 bits per heavy atom. The summed E-state index contributed by atoms with van der Waals surface area (Å²) in [6, 6.07) is 9.98. The van der Waals surface area contributed by atoms with Crippen LogP contribution in [0, 0.1) is 5.92 Å². The van der Waals surface area contributed by atoms with Gasteiger partial charge in [-0.15, -0.1) is 0 Å². The van der Waals surface area contributed by atoms with E-state index in [0.29, 0.717) is 18.4 Å². The Hall–Kier alpha value is -6.06. The van der Waals surface area contributed by atoms with Gasteiger partial charge in [0.15, 0.2) is 5.96 Å². The van der Waals surface area contributed by atoms with Crippen molar-refractivity contribution in [2.24, 2.45) is 28.1 Å². The van der Waals surface area contributed by atoms with E-state index in [9.17, 15) is 42.3 Å². The number of guanidine groups is 1. The van der Waals surface area contributed by atoms with Crippen LogP contribution in [-0.4, -0.2) is 121 Å². The molecule has 3 aromatic rings. The topological polar surface area (TPSA) is 335 Å². The van der Waals surface area contributed by atoms with Crippen molar-refractivity contribution in [1.29, 1.82) is 0 Å². The molecule has 0 spiro atoms. The molecule has 4 rings (SSSR count). The predicted molar refractivity (Wildman–Crippen MR) is 241 cm³/mol. The van der Waals surface area contributed by atoms with Crippen LogP contribution in [0.25, 0.3) is 10.9 Å². The Kier molecular flexibility index (Phi) is 19.5. The number of aromatic nitrogens is 1. The number of nitrogens with two attached hydrogens (primary N) is 3. The van der Waals surface area contributed by atoms with Crippen LogP contribution in [0.1, 0.15) is 69.4 Å². The van der Waals surface area contributed by atoms with Gasteiger partial charge in [0.25, 0.3) is 0 Å². The van der Waals surface area contributed by atoms with Gasteiger partial charge in [0.05, 0.1) is 17.8 Å². The molecule has 2 aromatic carbocycles. The Bertz CT molecular complexity index is 2200. The largest absolute Gasteiger partial charge is 0.376 e. The van der Waals surface area contributed by atoms with Crippen molar-refractivity contribution in [3.05, 3.63) is 71.9 Å². The first-order chi connectivity index (χ1) is 30.4. The minimum absolute atomic E-state index is 0.00490. The van der Waals surface area contributed by atoms with E-state index in [1.807, 2.05) is 24.3 Å². The lowest BCUT2D eigenvalue weighted by Crippen LogP contribution is -2.61. The zero-order valence-electron chi connectivity index (χ0n) is 36.3. The maximum absolute atomic E-state index is 14.4. The number of hydrogen-bond acceptors (Lipinski definition) is 11. The summed E-state index contributed by atoms with van der Waals surface area (Å²) in [6.07, 6.45) is 2.20. The first kappa shape index (κ1) is 50.6. The molecule has 7 atom stereocenters. The molecule has 0 radical (unpaired) electrons. The summed E-state index contributed by atoms with van der Waals surface area (Å²) in [6.45, 7) is 1.92. The summed E-state index contributed by atoms with van der Waals surface area (Å²) in [5, 5.41) is 29.2. The van der Waals surface area contributed by atoms with E-state index < -0.39 is 87.5 Å². The molecule has 14 N–H and O–H groups in total. The Balaban J connectivity index is 1.74. The molecule has 1 aromatic heterocycles. The highest BCUT2D eigenvalue weighted by Crippen LogP contribution is 2.20. The molecular formula is C43H63N11O9S. The number of carbonyl (C=O) groups is 6. The van der Waals surface area contributed by atoms with Gasteiger partial charge in [-0.05, 0) is 68.6 Å². The second-order valence-electron chi connectivity index (χ2n) is 16.3. The standard InChI is InChI=1S/C43H63N11O9S/c1-26-17-18-36(55)47-20-9-8-15-31(37(44)56)50-42(61)35(24-28-25-49-30-14-7-6-13-29(28)30)54-39(58)32(16-10-21-48-43(45)46)52-41(60)34(23-27-11-4-3-5-12-27)53-40(59)33(51-38(26)57)19-22-64(2,62)63/h3-7,11-14,25-26,31-35,42,49-50,61H,8-10,15-24H2,1-2H3,(H2,44,56)(H,47,55)(H,51,57)(H,52,60)(H,53,59)(H,54,58)(H4,45,46,48)/t26-,31-,32-,33-,34+,35-,42-/m0/s1. The van der Waals surface area contributed by atoms with E-state index in [2.05, 4.69) is 41.9 Å². The average molecular weight is 910 g/mol. The van der Waals surface area contributed by atoms with Gasteiger partial charge >= 0.3 is 0 Å². The third-order valence-corrected chi connectivity index (χ3v) is 11.9. The van der Waals surface area contributed by atoms with Crippen molar-refractivity contribution >= 4 is 62.1 Å². The number of aromatic amines is 1. The monoisotopic (exact) mass is 909 g/mol. The molecule has 2 heterocycles. The van der Waals surface area contributed by atoms with Crippen molar-refractivity contribution < 1.29 is 42.3 Å². The van der Waals surface area contributed by atoms with Crippen LogP contribution in [0.15, 0.2) is 65.8 Å². The minimum Gasteiger partial charge on any atom is -0.376 e. The lowest BCUT2D eigenvalue weighted by molar-refractivity contribution is -0.134. The van der Waals surface area contributed by atoms with E-state index in [4.69, 9.17) is 17.2 Å². The number of aliphatic hydroxyl groups is 1. The lowest BCUT2D eigenvalue weighted by Gasteiger charge is -2.30. The summed E-state index contributed by atoms with van der Waals surface area (Å²) < 4.78 is 24.5. The molecule has 0 aliphatic carbocycles. The highest BCUT2D eigenvalue weighted by atomic mass is 32.2. The number of amides is 6. The van der Waals surface area contributed by atoms with Gasteiger partial charge in [0.2, 0.25) is 35.4 Å². The summed E-state index contributed by atoms with van der Waals surface area (Å²) in [7, 11) is -3.61. The van der Waals surface area contributed by atoms with Gasteiger partial charge in [-0.3, -0.25) is 39.1 Å². The summed E-state index contributed by atoms with van der Waals surface area (Å²) in [4.78, 5) is 88.9. The third kappa shape index (κ3) is 16.9. The van der Waals surface area contributed by atoms with Crippen LogP contribution in [0.2, 0.25) is 0 Å². The van der Waals surface area contributed by atoms with Crippen LogP contribution in [0.4, 0.5) is 0 Å². The number of fused-ring (bicyclic) bond motifs is 1. The van der Waals surface area contributed by atoms with E-state index in [-0.39, 0.29) is 76.3 Å². The number of nitrogens with zero attached hydrogens (tertiary/aromatic N) is 1. The smallest absolute Gasteiger partial charge is 0.243 e. The summed E-state index contributed by atoms with van der Waals surface area (Å²) in [5.41, 5.74) is 19.0. The number of benzene rings is 2. The van der Waals surface area contributed by atoms with Crippen LogP contribution in [0.5, 0.6) is 0 Å². The first-order valence-corrected chi connectivity index (χ1v) is 23.5. The first-order valence-electron chi connectivity index (χ1n) is 21.4. The minimum atomic E-state index is -3.61. The highest BCUT2D eigenvalue weighted by Gasteiger charge is 2.34. The fraction of sp³-hybridized carbons (Fsp3) is 0.512. The zero-order valence-corrected chi connectivity index (χ0v) is 37.1. The molecule has 0 unspecified atom stereocenters. The molecule has 1 aliphatic rings. The molecule has 20 nitrogen and oxygen atoms in total. The number of H-pyrrole nitrogens is 1. The van der Waals surface area contributed by atoms with Crippen LogP contribution < -0.4 is 49.1 Å². The van der Waals surface area contributed by atoms with Gasteiger partial charge in [-0.25, -0.2) is 8.42 Å². The van der Waals surface area contributed by atoms with Gasteiger partial charge in [-0.1, -0.05) is 55.5 Å².